The van der Waals surface area contributed by atoms with Gasteiger partial charge in [0, 0.05) is 17.5 Å². The monoisotopic (exact) mass is 260 g/mol. The smallest absolute Gasteiger partial charge is 0.314 e. The Morgan fingerprint density at radius 3 is 2.58 bits per heavy atom. The lowest BCUT2D eigenvalue weighted by Gasteiger charge is -2.05. The summed E-state index contributed by atoms with van der Waals surface area (Å²) in [5, 5.41) is 5.24. The molecule has 1 aromatic carbocycles. The highest BCUT2D eigenvalue weighted by Crippen LogP contribution is 2.06. The van der Waals surface area contributed by atoms with E-state index in [1.54, 1.807) is 12.1 Å². The number of hydrogen-bond acceptors (Lipinski definition) is 2. The van der Waals surface area contributed by atoms with Crippen LogP contribution < -0.4 is 10.6 Å². The van der Waals surface area contributed by atoms with E-state index in [1.165, 1.54) is 6.20 Å². The SMILES string of the molecule is CCCCC/C(C=O)=C\NC(=O)Nc1ccccc1. The third kappa shape index (κ3) is 6.41. The van der Waals surface area contributed by atoms with Crippen molar-refractivity contribution in [2.75, 3.05) is 5.32 Å². The molecular weight excluding hydrogens is 240 g/mol. The number of carbonyl (C=O) groups excluding carboxylic acids is 2. The van der Waals surface area contributed by atoms with E-state index in [0.29, 0.717) is 17.7 Å². The molecular formula is C15H20N2O2. The van der Waals surface area contributed by atoms with Crippen molar-refractivity contribution in [2.45, 2.75) is 32.6 Å². The molecule has 0 saturated heterocycles. The fourth-order valence-corrected chi connectivity index (χ4v) is 1.59. The van der Waals surface area contributed by atoms with E-state index in [9.17, 15) is 9.59 Å². The van der Waals surface area contributed by atoms with Crippen molar-refractivity contribution in [3.63, 3.8) is 0 Å². The van der Waals surface area contributed by atoms with Crippen LogP contribution in [0.3, 0.4) is 0 Å². The minimum atomic E-state index is -0.346. The number of amides is 2. The first-order valence-electron chi connectivity index (χ1n) is 6.53. The largest absolute Gasteiger partial charge is 0.323 e. The molecule has 0 atom stereocenters. The predicted octanol–water partition coefficient (Wildman–Crippen LogP) is 3.47. The van der Waals surface area contributed by atoms with Crippen LogP contribution in [0.25, 0.3) is 0 Å². The van der Waals surface area contributed by atoms with Gasteiger partial charge in [-0.2, -0.15) is 0 Å². The molecule has 102 valence electrons. The van der Waals surface area contributed by atoms with Crippen LogP contribution in [0.5, 0.6) is 0 Å². The minimum Gasteiger partial charge on any atom is -0.314 e. The second-order valence-corrected chi connectivity index (χ2v) is 4.26. The summed E-state index contributed by atoms with van der Waals surface area (Å²) in [4.78, 5) is 22.4. The topological polar surface area (TPSA) is 58.2 Å². The van der Waals surface area contributed by atoms with Gasteiger partial charge in [-0.1, -0.05) is 38.0 Å². The number of carbonyl (C=O) groups is 2. The molecule has 1 aromatic rings. The Labute approximate surface area is 113 Å². The van der Waals surface area contributed by atoms with Crippen LogP contribution >= 0.6 is 0 Å². The Kier molecular flexibility index (Phi) is 7.02. The quantitative estimate of drug-likeness (QED) is 0.448. The highest BCUT2D eigenvalue weighted by Gasteiger charge is 2.00. The van der Waals surface area contributed by atoms with E-state index < -0.39 is 0 Å². The number of unbranched alkanes of at least 4 members (excludes halogenated alkanes) is 2. The molecule has 4 nitrogen and oxygen atoms in total. The first-order valence-corrected chi connectivity index (χ1v) is 6.53. The van der Waals surface area contributed by atoms with Crippen molar-refractivity contribution in [1.29, 1.82) is 0 Å². The molecule has 0 bridgehead atoms. The first kappa shape index (κ1) is 15.0. The van der Waals surface area contributed by atoms with Gasteiger partial charge in [0.2, 0.25) is 0 Å². The normalized spacial score (nSPS) is 10.9. The molecule has 2 amide bonds. The maximum Gasteiger partial charge on any atom is 0.323 e. The highest BCUT2D eigenvalue weighted by atomic mass is 16.2. The van der Waals surface area contributed by atoms with Crippen LogP contribution in [0.15, 0.2) is 42.1 Å². The standard InChI is InChI=1S/C15H20N2O2/c1-2-3-5-8-13(12-18)11-16-15(19)17-14-9-6-4-7-10-14/h4,6-7,9-12H,2-3,5,8H2,1H3,(H2,16,17,19)/b13-11+. The summed E-state index contributed by atoms with van der Waals surface area (Å²) in [6.45, 7) is 2.11. The number of urea groups is 1. The van der Waals surface area contributed by atoms with Crippen LogP contribution in [0, 0.1) is 0 Å². The van der Waals surface area contributed by atoms with E-state index in [1.807, 2.05) is 18.2 Å². The number of allylic oxidation sites excluding steroid dienone is 1. The summed E-state index contributed by atoms with van der Waals surface area (Å²) in [7, 11) is 0. The summed E-state index contributed by atoms with van der Waals surface area (Å²) in [5.41, 5.74) is 1.32. The summed E-state index contributed by atoms with van der Waals surface area (Å²) < 4.78 is 0. The molecule has 19 heavy (non-hydrogen) atoms. The molecule has 0 aliphatic carbocycles. The van der Waals surface area contributed by atoms with Crippen molar-refractivity contribution in [3.05, 3.63) is 42.1 Å². The lowest BCUT2D eigenvalue weighted by atomic mass is 10.1. The Morgan fingerprint density at radius 2 is 1.95 bits per heavy atom. The van der Waals surface area contributed by atoms with Crippen LogP contribution in [-0.4, -0.2) is 12.3 Å². The molecule has 2 N–H and O–H groups in total. The Hall–Kier alpha value is -2.10. The van der Waals surface area contributed by atoms with Gasteiger partial charge in [-0.25, -0.2) is 4.79 Å². The maximum absolute atomic E-state index is 11.6. The van der Waals surface area contributed by atoms with Crippen LogP contribution in [-0.2, 0) is 4.79 Å². The summed E-state index contributed by atoms with van der Waals surface area (Å²) in [6, 6.07) is 8.80. The van der Waals surface area contributed by atoms with Gasteiger partial charge >= 0.3 is 6.03 Å². The van der Waals surface area contributed by atoms with Gasteiger partial charge in [0.1, 0.15) is 6.29 Å². The van der Waals surface area contributed by atoms with E-state index in [0.717, 1.165) is 25.5 Å². The lowest BCUT2D eigenvalue weighted by Crippen LogP contribution is -2.24. The van der Waals surface area contributed by atoms with Gasteiger partial charge in [0.15, 0.2) is 0 Å². The molecule has 0 fully saturated rings. The van der Waals surface area contributed by atoms with E-state index in [4.69, 9.17) is 0 Å². The second-order valence-electron chi connectivity index (χ2n) is 4.26. The van der Waals surface area contributed by atoms with E-state index >= 15 is 0 Å². The van der Waals surface area contributed by atoms with Crippen molar-refractivity contribution >= 4 is 18.0 Å². The van der Waals surface area contributed by atoms with Crippen molar-refractivity contribution in [2.24, 2.45) is 0 Å². The van der Waals surface area contributed by atoms with Crippen molar-refractivity contribution < 1.29 is 9.59 Å². The Balaban J connectivity index is 2.40. The van der Waals surface area contributed by atoms with Crippen LogP contribution in [0.4, 0.5) is 10.5 Å². The third-order valence-corrected chi connectivity index (χ3v) is 2.64. The van der Waals surface area contributed by atoms with Gasteiger partial charge < -0.3 is 10.6 Å². The fourth-order valence-electron chi connectivity index (χ4n) is 1.59. The van der Waals surface area contributed by atoms with Crippen molar-refractivity contribution in [1.82, 2.24) is 5.32 Å². The van der Waals surface area contributed by atoms with Crippen LogP contribution in [0.2, 0.25) is 0 Å². The number of para-hydroxylation sites is 1. The lowest BCUT2D eigenvalue weighted by molar-refractivity contribution is -0.105. The number of aldehydes is 1. The maximum atomic E-state index is 11.6. The van der Waals surface area contributed by atoms with Gasteiger partial charge in [-0.3, -0.25) is 4.79 Å². The third-order valence-electron chi connectivity index (χ3n) is 2.64. The molecule has 0 aliphatic rings. The molecule has 0 saturated carbocycles. The first-order chi connectivity index (χ1) is 9.26. The van der Waals surface area contributed by atoms with Gasteiger partial charge in [-0.15, -0.1) is 0 Å². The number of rotatable bonds is 7. The zero-order valence-electron chi connectivity index (χ0n) is 11.2. The Morgan fingerprint density at radius 1 is 1.21 bits per heavy atom. The molecule has 0 spiro atoms. The highest BCUT2D eigenvalue weighted by molar-refractivity contribution is 5.90. The zero-order valence-corrected chi connectivity index (χ0v) is 11.2. The number of anilines is 1. The van der Waals surface area contributed by atoms with Crippen molar-refractivity contribution in [3.8, 4) is 0 Å². The van der Waals surface area contributed by atoms with Gasteiger partial charge in [0.05, 0.1) is 0 Å². The molecule has 0 aromatic heterocycles. The molecule has 1 rings (SSSR count). The van der Waals surface area contributed by atoms with E-state index in [2.05, 4.69) is 17.6 Å². The summed E-state index contributed by atoms with van der Waals surface area (Å²) in [6.07, 6.45) is 6.11. The average molecular weight is 260 g/mol. The summed E-state index contributed by atoms with van der Waals surface area (Å²) in [5.74, 6) is 0. The Bertz CT molecular complexity index is 427. The molecule has 0 aliphatic heterocycles. The van der Waals surface area contributed by atoms with Crippen LogP contribution in [0.1, 0.15) is 32.6 Å². The molecule has 4 heteroatoms. The molecule has 0 radical (unpaired) electrons. The predicted molar refractivity (Wildman–Crippen MR) is 76.9 cm³/mol. The number of nitrogens with one attached hydrogen (secondary N) is 2. The van der Waals surface area contributed by atoms with Gasteiger partial charge in [-0.05, 0) is 25.0 Å². The molecule has 0 unspecified atom stereocenters. The van der Waals surface area contributed by atoms with Gasteiger partial charge in [0.25, 0.3) is 0 Å². The number of benzene rings is 1. The zero-order chi connectivity index (χ0) is 13.9. The van der Waals surface area contributed by atoms with E-state index in [-0.39, 0.29) is 6.03 Å². The molecule has 0 heterocycles. The minimum absolute atomic E-state index is 0.346. The summed E-state index contributed by atoms with van der Waals surface area (Å²) >= 11 is 0. The second kappa shape index (κ2) is 8.91. The fraction of sp³-hybridized carbons (Fsp3) is 0.333. The average Bonchev–Trinajstić information content (AvgIpc) is 2.44. The number of hydrogen-bond donors (Lipinski definition) is 2.